The lowest BCUT2D eigenvalue weighted by Gasteiger charge is -2.15. The van der Waals surface area contributed by atoms with Gasteiger partial charge in [-0.25, -0.2) is 0 Å². The summed E-state index contributed by atoms with van der Waals surface area (Å²) in [6.07, 6.45) is -0.616. The maximum absolute atomic E-state index is 10.2. The highest BCUT2D eigenvalue weighted by atomic mass is 16.5. The molecule has 0 spiro atoms. The maximum atomic E-state index is 10.2. The molecule has 1 unspecified atom stereocenters. The molecular formula is C16H19NO3. The van der Waals surface area contributed by atoms with Crippen molar-refractivity contribution in [1.29, 1.82) is 0 Å². The van der Waals surface area contributed by atoms with Gasteiger partial charge in [0.1, 0.15) is 11.5 Å². The number of hydrogen-bond acceptors (Lipinski definition) is 4. The van der Waals surface area contributed by atoms with Gasteiger partial charge in [0.2, 0.25) is 0 Å². The molecule has 1 atom stereocenters. The summed E-state index contributed by atoms with van der Waals surface area (Å²) in [6.45, 7) is 0.396. The van der Waals surface area contributed by atoms with Crippen LogP contribution in [0.4, 0.5) is 5.69 Å². The van der Waals surface area contributed by atoms with E-state index in [0.717, 1.165) is 22.7 Å². The fourth-order valence-electron chi connectivity index (χ4n) is 1.96. The van der Waals surface area contributed by atoms with Crippen LogP contribution in [-0.2, 0) is 0 Å². The van der Waals surface area contributed by atoms with Crippen molar-refractivity contribution < 1.29 is 14.6 Å². The van der Waals surface area contributed by atoms with E-state index in [1.807, 2.05) is 48.5 Å². The van der Waals surface area contributed by atoms with Crippen LogP contribution in [0.5, 0.6) is 11.5 Å². The first-order valence-electron chi connectivity index (χ1n) is 6.43. The van der Waals surface area contributed by atoms with Crippen molar-refractivity contribution in [2.75, 3.05) is 26.1 Å². The number of anilines is 1. The van der Waals surface area contributed by atoms with E-state index in [0.29, 0.717) is 6.54 Å². The summed E-state index contributed by atoms with van der Waals surface area (Å²) in [5.41, 5.74) is 1.67. The zero-order valence-electron chi connectivity index (χ0n) is 11.7. The lowest BCUT2D eigenvalue weighted by atomic mass is 10.1. The number of rotatable bonds is 6. The van der Waals surface area contributed by atoms with Crippen molar-refractivity contribution >= 4 is 5.69 Å². The van der Waals surface area contributed by atoms with Crippen LogP contribution in [-0.4, -0.2) is 25.9 Å². The van der Waals surface area contributed by atoms with Crippen LogP contribution in [0.25, 0.3) is 0 Å². The molecular weight excluding hydrogens is 254 g/mol. The topological polar surface area (TPSA) is 50.7 Å². The Morgan fingerprint density at radius 2 is 1.85 bits per heavy atom. The highest BCUT2D eigenvalue weighted by Crippen LogP contribution is 2.25. The van der Waals surface area contributed by atoms with Gasteiger partial charge in [0.25, 0.3) is 0 Å². The third-order valence-electron chi connectivity index (χ3n) is 3.07. The molecule has 106 valence electrons. The summed E-state index contributed by atoms with van der Waals surface area (Å²) in [5, 5.41) is 13.4. The standard InChI is InChI=1S/C16H19NO3/c1-19-13-7-5-6-12(10-13)15(18)11-17-14-8-3-4-9-16(14)20-2/h3-10,15,17-18H,11H2,1-2H3. The van der Waals surface area contributed by atoms with E-state index in [4.69, 9.17) is 9.47 Å². The van der Waals surface area contributed by atoms with Gasteiger partial charge in [0, 0.05) is 6.54 Å². The largest absolute Gasteiger partial charge is 0.497 e. The van der Waals surface area contributed by atoms with E-state index in [2.05, 4.69) is 5.32 Å². The molecule has 0 heterocycles. The quantitative estimate of drug-likeness (QED) is 0.849. The van der Waals surface area contributed by atoms with Gasteiger partial charge in [-0.05, 0) is 29.8 Å². The van der Waals surface area contributed by atoms with Gasteiger partial charge < -0.3 is 19.9 Å². The second-order valence-electron chi connectivity index (χ2n) is 4.37. The first-order valence-corrected chi connectivity index (χ1v) is 6.43. The average molecular weight is 273 g/mol. The maximum Gasteiger partial charge on any atom is 0.141 e. The van der Waals surface area contributed by atoms with Crippen LogP contribution in [0.3, 0.4) is 0 Å². The van der Waals surface area contributed by atoms with Gasteiger partial charge in [-0.1, -0.05) is 24.3 Å². The highest BCUT2D eigenvalue weighted by molar-refractivity contribution is 5.56. The number of para-hydroxylation sites is 2. The molecule has 0 saturated carbocycles. The van der Waals surface area contributed by atoms with E-state index in [9.17, 15) is 5.11 Å². The third-order valence-corrected chi connectivity index (χ3v) is 3.07. The van der Waals surface area contributed by atoms with E-state index in [-0.39, 0.29) is 0 Å². The minimum absolute atomic E-state index is 0.396. The Hall–Kier alpha value is -2.20. The molecule has 0 bridgehead atoms. The van der Waals surface area contributed by atoms with Crippen LogP contribution in [0.1, 0.15) is 11.7 Å². The Labute approximate surface area is 119 Å². The zero-order valence-corrected chi connectivity index (χ0v) is 11.7. The number of methoxy groups -OCH3 is 2. The second-order valence-corrected chi connectivity index (χ2v) is 4.37. The van der Waals surface area contributed by atoms with Crippen molar-refractivity contribution in [3.05, 3.63) is 54.1 Å². The predicted octanol–water partition coefficient (Wildman–Crippen LogP) is 2.85. The van der Waals surface area contributed by atoms with Crippen LogP contribution in [0, 0.1) is 0 Å². The molecule has 0 aliphatic rings. The predicted molar refractivity (Wildman–Crippen MR) is 79.4 cm³/mol. The molecule has 0 saturated heterocycles. The molecule has 0 aromatic heterocycles. The van der Waals surface area contributed by atoms with E-state index in [1.54, 1.807) is 14.2 Å². The Morgan fingerprint density at radius 1 is 1.05 bits per heavy atom. The van der Waals surface area contributed by atoms with Crippen molar-refractivity contribution in [2.45, 2.75) is 6.10 Å². The fraction of sp³-hybridized carbons (Fsp3) is 0.250. The number of aliphatic hydroxyl groups excluding tert-OH is 1. The molecule has 0 radical (unpaired) electrons. The monoisotopic (exact) mass is 273 g/mol. The molecule has 2 aromatic carbocycles. The molecule has 0 fully saturated rings. The molecule has 2 N–H and O–H groups in total. The van der Waals surface area contributed by atoms with Crippen molar-refractivity contribution in [3.8, 4) is 11.5 Å². The molecule has 0 amide bonds. The minimum atomic E-state index is -0.616. The summed E-state index contributed by atoms with van der Waals surface area (Å²) in [7, 11) is 3.23. The lowest BCUT2D eigenvalue weighted by molar-refractivity contribution is 0.191. The lowest BCUT2D eigenvalue weighted by Crippen LogP contribution is -2.12. The number of nitrogens with one attached hydrogen (secondary N) is 1. The van der Waals surface area contributed by atoms with E-state index in [1.165, 1.54) is 0 Å². The van der Waals surface area contributed by atoms with Crippen LogP contribution >= 0.6 is 0 Å². The van der Waals surface area contributed by atoms with Crippen molar-refractivity contribution in [1.82, 2.24) is 0 Å². The first kappa shape index (κ1) is 14.2. The Balaban J connectivity index is 2.02. The van der Waals surface area contributed by atoms with Crippen LogP contribution in [0.2, 0.25) is 0 Å². The third kappa shape index (κ3) is 3.42. The Morgan fingerprint density at radius 3 is 2.60 bits per heavy atom. The SMILES string of the molecule is COc1cccc(C(O)CNc2ccccc2OC)c1. The van der Waals surface area contributed by atoms with E-state index < -0.39 is 6.10 Å². The molecule has 2 rings (SSSR count). The zero-order chi connectivity index (χ0) is 14.4. The molecule has 20 heavy (non-hydrogen) atoms. The second kappa shape index (κ2) is 6.82. The summed E-state index contributed by atoms with van der Waals surface area (Å²) in [4.78, 5) is 0. The van der Waals surface area contributed by atoms with Gasteiger partial charge in [0.05, 0.1) is 26.0 Å². The summed E-state index contributed by atoms with van der Waals surface area (Å²) < 4.78 is 10.4. The summed E-state index contributed by atoms with van der Waals surface area (Å²) >= 11 is 0. The molecule has 4 heteroatoms. The van der Waals surface area contributed by atoms with Gasteiger partial charge in [-0.2, -0.15) is 0 Å². The van der Waals surface area contributed by atoms with Gasteiger partial charge in [-0.3, -0.25) is 0 Å². The molecule has 0 aliphatic carbocycles. The first-order chi connectivity index (χ1) is 9.74. The fourth-order valence-corrected chi connectivity index (χ4v) is 1.96. The number of ether oxygens (including phenoxy) is 2. The number of hydrogen-bond donors (Lipinski definition) is 2. The number of aliphatic hydroxyl groups is 1. The van der Waals surface area contributed by atoms with Crippen molar-refractivity contribution in [2.24, 2.45) is 0 Å². The van der Waals surface area contributed by atoms with Gasteiger partial charge >= 0.3 is 0 Å². The van der Waals surface area contributed by atoms with Crippen LogP contribution < -0.4 is 14.8 Å². The van der Waals surface area contributed by atoms with Crippen molar-refractivity contribution in [3.63, 3.8) is 0 Å². The van der Waals surface area contributed by atoms with Crippen LogP contribution in [0.15, 0.2) is 48.5 Å². The van der Waals surface area contributed by atoms with Gasteiger partial charge in [-0.15, -0.1) is 0 Å². The Kier molecular flexibility index (Phi) is 4.85. The minimum Gasteiger partial charge on any atom is -0.497 e. The Bertz CT molecular complexity index is 557. The highest BCUT2D eigenvalue weighted by Gasteiger charge is 2.09. The van der Waals surface area contributed by atoms with Gasteiger partial charge in [0.15, 0.2) is 0 Å². The molecule has 2 aromatic rings. The van der Waals surface area contributed by atoms with E-state index >= 15 is 0 Å². The smallest absolute Gasteiger partial charge is 0.141 e. The number of benzene rings is 2. The molecule has 0 aliphatic heterocycles. The average Bonchev–Trinajstić information content (AvgIpc) is 2.52. The summed E-state index contributed by atoms with van der Waals surface area (Å²) in [6, 6.07) is 15.0. The normalized spacial score (nSPS) is 11.8. The summed E-state index contributed by atoms with van der Waals surface area (Å²) in [5.74, 6) is 1.49. The molecule has 4 nitrogen and oxygen atoms in total.